The molecule has 1 amide bonds. The topological polar surface area (TPSA) is 111 Å². The molecule has 4 rings (SSSR count). The zero-order valence-corrected chi connectivity index (χ0v) is 19.5. The van der Waals surface area contributed by atoms with Crippen LogP contribution < -0.4 is 14.8 Å². The van der Waals surface area contributed by atoms with Crippen molar-refractivity contribution in [3.8, 4) is 5.75 Å². The lowest BCUT2D eigenvalue weighted by Gasteiger charge is -2.11. The van der Waals surface area contributed by atoms with Gasteiger partial charge in [-0.15, -0.1) is 0 Å². The molecule has 0 aliphatic heterocycles. The highest BCUT2D eigenvalue weighted by Gasteiger charge is 2.19. The van der Waals surface area contributed by atoms with Crippen LogP contribution in [0.2, 0.25) is 0 Å². The van der Waals surface area contributed by atoms with Crippen LogP contribution in [0.3, 0.4) is 0 Å². The molecule has 2 N–H and O–H groups in total. The molecule has 0 aliphatic carbocycles. The fourth-order valence-electron chi connectivity index (χ4n) is 3.01. The molecule has 3 aromatic carbocycles. The SMILES string of the molecule is COc1ccccc1NS(=O)(=O)c1ccc2oc(SCC(=O)Nc3ccc(C)cc3)nc2c1. The maximum atomic E-state index is 12.8. The van der Waals surface area contributed by atoms with E-state index in [1.165, 1.54) is 25.3 Å². The van der Waals surface area contributed by atoms with Crippen LogP contribution in [0.15, 0.2) is 81.3 Å². The molecular formula is C23H21N3O5S2. The second-order valence-corrected chi connectivity index (χ2v) is 9.73. The first-order valence-electron chi connectivity index (χ1n) is 9.90. The fraction of sp³-hybridized carbons (Fsp3) is 0.130. The molecule has 8 nitrogen and oxygen atoms in total. The van der Waals surface area contributed by atoms with Gasteiger partial charge in [0.05, 0.1) is 23.4 Å². The van der Waals surface area contributed by atoms with Gasteiger partial charge in [-0.3, -0.25) is 9.52 Å². The largest absolute Gasteiger partial charge is 0.495 e. The molecule has 0 radical (unpaired) electrons. The van der Waals surface area contributed by atoms with Crippen molar-refractivity contribution in [2.24, 2.45) is 0 Å². The predicted octanol–water partition coefficient (Wildman–Crippen LogP) is 4.68. The van der Waals surface area contributed by atoms with Gasteiger partial charge in [-0.05, 0) is 49.4 Å². The normalized spacial score (nSPS) is 11.3. The van der Waals surface area contributed by atoms with E-state index in [0.29, 0.717) is 28.2 Å². The van der Waals surface area contributed by atoms with Crippen molar-refractivity contribution in [3.63, 3.8) is 0 Å². The van der Waals surface area contributed by atoms with Crippen LogP contribution in [0.1, 0.15) is 5.56 Å². The smallest absolute Gasteiger partial charge is 0.262 e. The first kappa shape index (κ1) is 22.7. The number of fused-ring (bicyclic) bond motifs is 1. The van der Waals surface area contributed by atoms with Gasteiger partial charge in [0.25, 0.3) is 15.2 Å². The van der Waals surface area contributed by atoms with Gasteiger partial charge in [0.1, 0.15) is 11.3 Å². The number of aromatic nitrogens is 1. The van der Waals surface area contributed by atoms with Gasteiger partial charge in [0.2, 0.25) is 5.91 Å². The van der Waals surface area contributed by atoms with Gasteiger partial charge in [-0.1, -0.05) is 41.6 Å². The maximum absolute atomic E-state index is 12.8. The average Bonchev–Trinajstić information content (AvgIpc) is 3.22. The Labute approximate surface area is 195 Å². The van der Waals surface area contributed by atoms with Gasteiger partial charge >= 0.3 is 0 Å². The van der Waals surface area contributed by atoms with E-state index in [2.05, 4.69) is 15.0 Å². The number of benzene rings is 3. The number of oxazole rings is 1. The van der Waals surface area contributed by atoms with Gasteiger partial charge in [-0.25, -0.2) is 13.4 Å². The lowest BCUT2D eigenvalue weighted by Crippen LogP contribution is -2.13. The summed E-state index contributed by atoms with van der Waals surface area (Å²) in [6, 6.07) is 18.6. The molecule has 10 heteroatoms. The Kier molecular flexibility index (Phi) is 6.57. The van der Waals surface area contributed by atoms with Crippen molar-refractivity contribution in [3.05, 3.63) is 72.3 Å². The summed E-state index contributed by atoms with van der Waals surface area (Å²) in [7, 11) is -2.41. The van der Waals surface area contributed by atoms with E-state index in [0.717, 1.165) is 17.3 Å². The molecule has 0 aliphatic rings. The molecule has 170 valence electrons. The zero-order chi connectivity index (χ0) is 23.4. The number of thioether (sulfide) groups is 1. The van der Waals surface area contributed by atoms with Crippen molar-refractivity contribution >= 4 is 50.2 Å². The van der Waals surface area contributed by atoms with E-state index < -0.39 is 10.0 Å². The maximum Gasteiger partial charge on any atom is 0.262 e. The number of rotatable bonds is 8. The van der Waals surface area contributed by atoms with E-state index >= 15 is 0 Å². The number of hydrogen-bond acceptors (Lipinski definition) is 7. The third-order valence-corrected chi connectivity index (χ3v) is 6.85. The highest BCUT2D eigenvalue weighted by molar-refractivity contribution is 7.99. The standard InChI is InChI=1S/C23H21N3O5S2/c1-15-7-9-16(10-8-15)24-22(27)14-32-23-25-19-13-17(11-12-21(19)31-23)33(28,29)26-18-5-3-4-6-20(18)30-2/h3-13,26H,14H2,1-2H3,(H,24,27). The van der Waals surface area contributed by atoms with E-state index in [1.54, 1.807) is 24.3 Å². The number of nitrogens with zero attached hydrogens (tertiary/aromatic N) is 1. The van der Waals surface area contributed by atoms with Crippen LogP contribution in [0.5, 0.6) is 5.75 Å². The van der Waals surface area contributed by atoms with Gasteiger partial charge < -0.3 is 14.5 Å². The van der Waals surface area contributed by atoms with Gasteiger partial charge in [0, 0.05) is 5.69 Å². The number of carbonyl (C=O) groups is 1. The van der Waals surface area contributed by atoms with E-state index in [1.807, 2.05) is 31.2 Å². The Bertz CT molecular complexity index is 1400. The Morgan fingerprint density at radius 3 is 2.61 bits per heavy atom. The molecule has 0 atom stereocenters. The Morgan fingerprint density at radius 1 is 1.09 bits per heavy atom. The third kappa shape index (κ3) is 5.47. The van der Waals surface area contributed by atoms with Crippen LogP contribution in [0.25, 0.3) is 11.1 Å². The number of hydrogen-bond donors (Lipinski definition) is 2. The van der Waals surface area contributed by atoms with Crippen LogP contribution in [0, 0.1) is 6.92 Å². The summed E-state index contributed by atoms with van der Waals surface area (Å²) in [5.41, 5.74) is 2.94. The minimum atomic E-state index is -3.87. The first-order valence-corrected chi connectivity index (χ1v) is 12.4. The number of amides is 1. The number of anilines is 2. The summed E-state index contributed by atoms with van der Waals surface area (Å²) in [6.45, 7) is 1.97. The number of para-hydroxylation sites is 2. The van der Waals surface area contributed by atoms with Crippen molar-refractivity contribution < 1.29 is 22.4 Å². The molecule has 0 bridgehead atoms. The molecule has 0 saturated carbocycles. The van der Waals surface area contributed by atoms with E-state index in [9.17, 15) is 13.2 Å². The van der Waals surface area contributed by atoms with Crippen LogP contribution in [-0.4, -0.2) is 32.2 Å². The lowest BCUT2D eigenvalue weighted by atomic mass is 10.2. The highest BCUT2D eigenvalue weighted by Crippen LogP contribution is 2.29. The molecule has 0 spiro atoms. The van der Waals surface area contributed by atoms with Crippen LogP contribution in [-0.2, 0) is 14.8 Å². The molecule has 33 heavy (non-hydrogen) atoms. The Hall–Kier alpha value is -3.50. The summed E-state index contributed by atoms with van der Waals surface area (Å²) < 4.78 is 39.1. The summed E-state index contributed by atoms with van der Waals surface area (Å²) >= 11 is 1.13. The summed E-state index contributed by atoms with van der Waals surface area (Å²) in [5.74, 6) is 0.308. The third-order valence-electron chi connectivity index (χ3n) is 4.66. The minimum absolute atomic E-state index is 0.0304. The predicted molar refractivity (Wildman–Crippen MR) is 128 cm³/mol. The molecule has 1 heterocycles. The highest BCUT2D eigenvalue weighted by atomic mass is 32.2. The lowest BCUT2D eigenvalue weighted by molar-refractivity contribution is -0.113. The van der Waals surface area contributed by atoms with Crippen molar-refractivity contribution in [1.29, 1.82) is 0 Å². The monoisotopic (exact) mass is 483 g/mol. The van der Waals surface area contributed by atoms with Crippen molar-refractivity contribution in [2.45, 2.75) is 17.0 Å². The number of ether oxygens (including phenoxy) is 1. The van der Waals surface area contributed by atoms with Crippen LogP contribution in [0.4, 0.5) is 11.4 Å². The summed E-state index contributed by atoms with van der Waals surface area (Å²) in [4.78, 5) is 16.5. The Balaban J connectivity index is 1.45. The van der Waals surface area contributed by atoms with Gasteiger partial charge in [0.15, 0.2) is 5.58 Å². The summed E-state index contributed by atoms with van der Waals surface area (Å²) in [6.07, 6.45) is 0. The number of aryl methyl sites for hydroxylation is 1. The second kappa shape index (κ2) is 9.55. The van der Waals surface area contributed by atoms with Crippen molar-refractivity contribution in [2.75, 3.05) is 22.9 Å². The molecule has 4 aromatic rings. The molecule has 0 unspecified atom stereocenters. The van der Waals surface area contributed by atoms with E-state index in [4.69, 9.17) is 9.15 Å². The van der Waals surface area contributed by atoms with E-state index in [-0.39, 0.29) is 21.8 Å². The number of carbonyl (C=O) groups excluding carboxylic acids is 1. The number of nitrogens with one attached hydrogen (secondary N) is 2. The first-order chi connectivity index (χ1) is 15.8. The molecular weight excluding hydrogens is 462 g/mol. The fourth-order valence-corrected chi connectivity index (χ4v) is 4.74. The van der Waals surface area contributed by atoms with Gasteiger partial charge in [-0.2, -0.15) is 0 Å². The Morgan fingerprint density at radius 2 is 1.85 bits per heavy atom. The quantitative estimate of drug-likeness (QED) is 0.350. The van der Waals surface area contributed by atoms with Crippen LogP contribution >= 0.6 is 11.8 Å². The minimum Gasteiger partial charge on any atom is -0.495 e. The number of methoxy groups -OCH3 is 1. The molecule has 1 aromatic heterocycles. The second-order valence-electron chi connectivity index (χ2n) is 7.12. The molecule has 0 saturated heterocycles. The summed E-state index contributed by atoms with van der Waals surface area (Å²) in [5, 5.41) is 3.08. The number of sulfonamides is 1. The zero-order valence-electron chi connectivity index (χ0n) is 17.9. The molecule has 0 fully saturated rings. The van der Waals surface area contributed by atoms with Crippen molar-refractivity contribution in [1.82, 2.24) is 4.98 Å². The average molecular weight is 484 g/mol.